The van der Waals surface area contributed by atoms with Gasteiger partial charge in [-0.25, -0.2) is 4.99 Å². The number of hydrogen-bond donors (Lipinski definition) is 2. The first-order valence-electron chi connectivity index (χ1n) is 8.61. The van der Waals surface area contributed by atoms with E-state index in [1.165, 1.54) is 19.3 Å². The molecule has 0 aromatic carbocycles. The summed E-state index contributed by atoms with van der Waals surface area (Å²) >= 11 is 0. The lowest BCUT2D eigenvalue weighted by Gasteiger charge is -2.42. The maximum Gasteiger partial charge on any atom is 0.191 e. The molecule has 1 aliphatic carbocycles. The zero-order chi connectivity index (χ0) is 16.5. The molecule has 2 rings (SSSR count). The summed E-state index contributed by atoms with van der Waals surface area (Å²) in [4.78, 5) is 9.17. The molecule has 1 aliphatic rings. The van der Waals surface area contributed by atoms with Gasteiger partial charge in [-0.2, -0.15) is 0 Å². The second-order valence-electron chi connectivity index (χ2n) is 6.42. The summed E-state index contributed by atoms with van der Waals surface area (Å²) in [6.07, 6.45) is 5.01. The van der Waals surface area contributed by atoms with Gasteiger partial charge in [-0.3, -0.25) is 4.98 Å². The molecule has 5 nitrogen and oxygen atoms in total. The molecule has 24 heavy (non-hydrogen) atoms. The zero-order valence-electron chi connectivity index (χ0n) is 15.1. The van der Waals surface area contributed by atoms with Crippen LogP contribution in [-0.4, -0.2) is 37.7 Å². The van der Waals surface area contributed by atoms with Crippen molar-refractivity contribution in [3.05, 3.63) is 29.6 Å². The van der Waals surface area contributed by atoms with Gasteiger partial charge < -0.3 is 15.4 Å². The van der Waals surface area contributed by atoms with Crippen LogP contribution in [0.4, 0.5) is 0 Å². The Morgan fingerprint density at radius 2 is 2.12 bits per heavy atom. The molecular weight excluding hydrogens is 415 g/mol. The first kappa shape index (κ1) is 21.2. The highest BCUT2D eigenvalue weighted by molar-refractivity contribution is 14.0. The number of hydrogen-bond acceptors (Lipinski definition) is 3. The average Bonchev–Trinajstić information content (AvgIpc) is 2.51. The number of aryl methyl sites for hydroxylation is 1. The third-order valence-electron chi connectivity index (χ3n) is 4.57. The molecule has 136 valence electrons. The van der Waals surface area contributed by atoms with Gasteiger partial charge in [-0.1, -0.05) is 12.5 Å². The Labute approximate surface area is 163 Å². The summed E-state index contributed by atoms with van der Waals surface area (Å²) in [6.45, 7) is 7.35. The molecule has 1 fully saturated rings. The quantitative estimate of drug-likeness (QED) is 0.366. The molecule has 1 heterocycles. The summed E-state index contributed by atoms with van der Waals surface area (Å²) in [5.41, 5.74) is 2.41. The van der Waals surface area contributed by atoms with Crippen molar-refractivity contribution in [2.75, 3.05) is 26.8 Å². The molecule has 6 heteroatoms. The van der Waals surface area contributed by atoms with Crippen molar-refractivity contribution in [3.8, 4) is 0 Å². The van der Waals surface area contributed by atoms with Crippen LogP contribution in [0, 0.1) is 12.3 Å². The lowest BCUT2D eigenvalue weighted by Crippen LogP contribution is -2.47. The van der Waals surface area contributed by atoms with E-state index in [1.54, 1.807) is 7.11 Å². The molecule has 0 atom stereocenters. The average molecular weight is 446 g/mol. The van der Waals surface area contributed by atoms with E-state index >= 15 is 0 Å². The van der Waals surface area contributed by atoms with Crippen molar-refractivity contribution in [2.45, 2.75) is 46.1 Å². The van der Waals surface area contributed by atoms with E-state index in [0.29, 0.717) is 12.0 Å². The maximum absolute atomic E-state index is 5.26. The summed E-state index contributed by atoms with van der Waals surface area (Å²) in [5, 5.41) is 6.84. The lowest BCUT2D eigenvalue weighted by atomic mass is 9.67. The minimum Gasteiger partial charge on any atom is -0.385 e. The van der Waals surface area contributed by atoms with Crippen LogP contribution in [-0.2, 0) is 11.3 Å². The monoisotopic (exact) mass is 446 g/mol. The first-order chi connectivity index (χ1) is 11.2. The Kier molecular flexibility index (Phi) is 9.58. The number of pyridine rings is 1. The van der Waals surface area contributed by atoms with Crippen molar-refractivity contribution < 1.29 is 4.74 Å². The molecule has 1 aromatic rings. The van der Waals surface area contributed by atoms with E-state index in [1.807, 2.05) is 25.1 Å². The first-order valence-corrected chi connectivity index (χ1v) is 8.61. The molecule has 0 amide bonds. The summed E-state index contributed by atoms with van der Waals surface area (Å²) in [7, 11) is 1.78. The number of guanidine groups is 1. The molecule has 1 saturated carbocycles. The van der Waals surface area contributed by atoms with Gasteiger partial charge in [0.2, 0.25) is 0 Å². The van der Waals surface area contributed by atoms with Crippen molar-refractivity contribution in [2.24, 2.45) is 10.4 Å². The lowest BCUT2D eigenvalue weighted by molar-refractivity contribution is 0.0732. The second kappa shape index (κ2) is 10.9. The predicted molar refractivity (Wildman–Crippen MR) is 110 cm³/mol. The van der Waals surface area contributed by atoms with Crippen LogP contribution in [0.3, 0.4) is 0 Å². The number of aliphatic imine (C=N–C) groups is 1. The molecule has 1 aromatic heterocycles. The predicted octanol–water partition coefficient (Wildman–Crippen LogP) is 3.27. The van der Waals surface area contributed by atoms with Gasteiger partial charge in [0, 0.05) is 32.5 Å². The Balaban J connectivity index is 0.00000288. The van der Waals surface area contributed by atoms with Gasteiger partial charge in [0.05, 0.1) is 12.2 Å². The molecular formula is C18H31IN4O. The molecule has 0 radical (unpaired) electrons. The summed E-state index contributed by atoms with van der Waals surface area (Å²) in [6, 6.07) is 6.06. The highest BCUT2D eigenvalue weighted by Gasteiger charge is 2.36. The van der Waals surface area contributed by atoms with Crippen LogP contribution < -0.4 is 10.6 Å². The highest BCUT2D eigenvalue weighted by atomic mass is 127. The number of rotatable bonds is 8. The number of nitrogens with one attached hydrogen (secondary N) is 2. The molecule has 0 spiro atoms. The topological polar surface area (TPSA) is 58.5 Å². The third-order valence-corrected chi connectivity index (χ3v) is 4.57. The molecule has 2 N–H and O–H groups in total. The minimum atomic E-state index is 0. The highest BCUT2D eigenvalue weighted by Crippen LogP contribution is 2.43. The van der Waals surface area contributed by atoms with Crippen LogP contribution in [0.2, 0.25) is 0 Å². The fraction of sp³-hybridized carbons (Fsp3) is 0.667. The van der Waals surface area contributed by atoms with Gasteiger partial charge >= 0.3 is 0 Å². The van der Waals surface area contributed by atoms with Crippen molar-refractivity contribution >= 4 is 29.9 Å². The van der Waals surface area contributed by atoms with Gasteiger partial charge in [0.1, 0.15) is 0 Å². The van der Waals surface area contributed by atoms with Crippen LogP contribution in [0.1, 0.15) is 44.0 Å². The van der Waals surface area contributed by atoms with E-state index in [0.717, 1.165) is 43.5 Å². The molecule has 0 unspecified atom stereocenters. The van der Waals surface area contributed by atoms with E-state index in [2.05, 4.69) is 27.5 Å². The molecule has 0 bridgehead atoms. The number of aromatic nitrogens is 1. The van der Waals surface area contributed by atoms with Crippen LogP contribution in [0.5, 0.6) is 0 Å². The smallest absolute Gasteiger partial charge is 0.191 e. The summed E-state index contributed by atoms with van der Waals surface area (Å²) in [5.74, 6) is 0.875. The Morgan fingerprint density at radius 1 is 1.33 bits per heavy atom. The Morgan fingerprint density at radius 3 is 2.71 bits per heavy atom. The van der Waals surface area contributed by atoms with Gasteiger partial charge in [-0.15, -0.1) is 24.0 Å². The molecule has 0 aliphatic heterocycles. The van der Waals surface area contributed by atoms with E-state index in [4.69, 9.17) is 4.74 Å². The van der Waals surface area contributed by atoms with Crippen LogP contribution in [0.15, 0.2) is 23.2 Å². The minimum absolute atomic E-state index is 0. The van der Waals surface area contributed by atoms with E-state index < -0.39 is 0 Å². The number of methoxy groups -OCH3 is 1. The Hall–Kier alpha value is -0.890. The van der Waals surface area contributed by atoms with Crippen molar-refractivity contribution in [1.82, 2.24) is 15.6 Å². The van der Waals surface area contributed by atoms with E-state index in [9.17, 15) is 0 Å². The van der Waals surface area contributed by atoms with Crippen molar-refractivity contribution in [3.63, 3.8) is 0 Å². The Bertz CT molecular complexity index is 517. The fourth-order valence-corrected chi connectivity index (χ4v) is 2.97. The standard InChI is InChI=1S/C18H30N4O.HI/c1-4-19-17(20-13-16-8-5-7-15(2)22-16)21-14-18(9-6-10-18)11-12-23-3;/h5,7-8H,4,6,9-14H2,1-3H3,(H2,19,20,21);1H. The van der Waals surface area contributed by atoms with Gasteiger partial charge in [0.25, 0.3) is 0 Å². The van der Waals surface area contributed by atoms with Crippen molar-refractivity contribution in [1.29, 1.82) is 0 Å². The van der Waals surface area contributed by atoms with Crippen LogP contribution in [0.25, 0.3) is 0 Å². The van der Waals surface area contributed by atoms with Gasteiger partial charge in [0.15, 0.2) is 5.96 Å². The maximum atomic E-state index is 5.26. The zero-order valence-corrected chi connectivity index (χ0v) is 17.4. The number of ether oxygens (including phenoxy) is 1. The molecule has 0 saturated heterocycles. The number of halogens is 1. The van der Waals surface area contributed by atoms with E-state index in [-0.39, 0.29) is 24.0 Å². The second-order valence-corrected chi connectivity index (χ2v) is 6.42. The number of nitrogens with zero attached hydrogens (tertiary/aromatic N) is 2. The normalized spacial score (nSPS) is 16.0. The third kappa shape index (κ3) is 6.55. The largest absolute Gasteiger partial charge is 0.385 e. The van der Waals surface area contributed by atoms with Crippen LogP contribution >= 0.6 is 24.0 Å². The van der Waals surface area contributed by atoms with Gasteiger partial charge in [-0.05, 0) is 50.7 Å². The summed E-state index contributed by atoms with van der Waals surface area (Å²) < 4.78 is 5.26. The SMILES string of the molecule is CCNC(=NCc1cccc(C)n1)NCC1(CCOC)CCC1.I. The fourth-order valence-electron chi connectivity index (χ4n) is 2.97.